The molecule has 0 heterocycles. The van der Waals surface area contributed by atoms with Crippen molar-refractivity contribution in [2.75, 3.05) is 5.73 Å². The van der Waals surface area contributed by atoms with Gasteiger partial charge in [0.15, 0.2) is 0 Å². The summed E-state index contributed by atoms with van der Waals surface area (Å²) < 4.78 is 0. The number of hydrogen-bond donors (Lipinski definition) is 1. The average Bonchev–Trinajstić information content (AvgIpc) is 2.01. The Balaban J connectivity index is 3.38. The van der Waals surface area contributed by atoms with Crippen LogP contribution in [-0.4, -0.2) is 4.92 Å². The molecule has 1 aromatic rings. The molecule has 0 saturated carbocycles. The third-order valence-corrected chi connectivity index (χ3v) is 2.03. The van der Waals surface area contributed by atoms with Crippen LogP contribution in [0.4, 0.5) is 11.4 Å². The van der Waals surface area contributed by atoms with E-state index in [-0.39, 0.29) is 16.0 Å². The van der Waals surface area contributed by atoms with E-state index in [9.17, 15) is 10.1 Å². The van der Waals surface area contributed by atoms with Gasteiger partial charge in [-0.25, -0.2) is 0 Å². The first kappa shape index (κ1) is 10.5. The molecule has 0 spiro atoms. The molecule has 4 heteroatoms. The summed E-state index contributed by atoms with van der Waals surface area (Å²) in [6.07, 6.45) is 0. The van der Waals surface area contributed by atoms with Crippen molar-refractivity contribution < 1.29 is 4.92 Å². The Hall–Kier alpha value is -1.58. The molecule has 0 saturated heterocycles. The van der Waals surface area contributed by atoms with E-state index < -0.39 is 0 Å². The number of hydrogen-bond acceptors (Lipinski definition) is 3. The first-order chi connectivity index (χ1) is 6.32. The van der Waals surface area contributed by atoms with Crippen molar-refractivity contribution in [3.8, 4) is 0 Å². The molecule has 76 valence electrons. The predicted octanol–water partition coefficient (Wildman–Crippen LogP) is 2.47. The average molecular weight is 194 g/mol. The van der Waals surface area contributed by atoms with E-state index in [1.807, 2.05) is 20.8 Å². The molecule has 0 aliphatic heterocycles. The highest BCUT2D eigenvalue weighted by molar-refractivity contribution is 5.53. The molecule has 0 atom stereocenters. The molecule has 4 nitrogen and oxygen atoms in total. The van der Waals surface area contributed by atoms with Gasteiger partial charge in [0.25, 0.3) is 5.69 Å². The zero-order valence-electron chi connectivity index (χ0n) is 8.57. The monoisotopic (exact) mass is 194 g/mol. The number of anilines is 1. The van der Waals surface area contributed by atoms with Gasteiger partial charge in [0.2, 0.25) is 0 Å². The lowest BCUT2D eigenvalue weighted by molar-refractivity contribution is -0.386. The van der Waals surface area contributed by atoms with Crippen LogP contribution in [0.3, 0.4) is 0 Å². The zero-order valence-corrected chi connectivity index (χ0v) is 8.57. The Morgan fingerprint density at radius 1 is 1.36 bits per heavy atom. The van der Waals surface area contributed by atoms with E-state index in [1.165, 1.54) is 6.07 Å². The minimum absolute atomic E-state index is 0.131. The van der Waals surface area contributed by atoms with Gasteiger partial charge in [-0.1, -0.05) is 20.8 Å². The maximum atomic E-state index is 10.7. The fraction of sp³-hybridized carbons (Fsp3) is 0.400. The van der Waals surface area contributed by atoms with Crippen LogP contribution in [-0.2, 0) is 5.41 Å². The van der Waals surface area contributed by atoms with Gasteiger partial charge in [-0.3, -0.25) is 10.1 Å². The van der Waals surface area contributed by atoms with Crippen molar-refractivity contribution in [2.24, 2.45) is 0 Å². The second kappa shape index (κ2) is 3.29. The number of benzene rings is 1. The van der Waals surface area contributed by atoms with Gasteiger partial charge < -0.3 is 5.73 Å². The number of nitrogens with zero attached hydrogens (tertiary/aromatic N) is 1. The van der Waals surface area contributed by atoms with E-state index in [4.69, 9.17) is 5.73 Å². The molecule has 0 bridgehead atoms. The SMILES string of the molecule is CC(C)(C)c1cc(N)ccc1[N+](=O)[O-]. The van der Waals surface area contributed by atoms with Crippen molar-refractivity contribution in [1.82, 2.24) is 0 Å². The smallest absolute Gasteiger partial charge is 0.273 e. The summed E-state index contributed by atoms with van der Waals surface area (Å²) in [5.74, 6) is 0. The van der Waals surface area contributed by atoms with Crippen LogP contribution in [0.1, 0.15) is 26.3 Å². The van der Waals surface area contributed by atoms with Crippen molar-refractivity contribution in [3.63, 3.8) is 0 Å². The van der Waals surface area contributed by atoms with Crippen LogP contribution in [0.25, 0.3) is 0 Å². The molecule has 1 rings (SSSR count). The number of nitrogens with two attached hydrogens (primary N) is 1. The molecule has 0 fully saturated rings. The summed E-state index contributed by atoms with van der Waals surface area (Å²) in [5, 5.41) is 10.7. The van der Waals surface area contributed by atoms with E-state index in [0.29, 0.717) is 11.3 Å². The van der Waals surface area contributed by atoms with Crippen molar-refractivity contribution in [2.45, 2.75) is 26.2 Å². The standard InChI is InChI=1S/C10H14N2O2/c1-10(2,3)8-6-7(11)4-5-9(8)12(13)14/h4-6H,11H2,1-3H3. The second-order valence-corrected chi connectivity index (χ2v) is 4.28. The lowest BCUT2D eigenvalue weighted by Gasteiger charge is -2.18. The Morgan fingerprint density at radius 3 is 2.36 bits per heavy atom. The highest BCUT2D eigenvalue weighted by Crippen LogP contribution is 2.32. The second-order valence-electron chi connectivity index (χ2n) is 4.28. The lowest BCUT2D eigenvalue weighted by atomic mass is 9.85. The minimum atomic E-state index is -0.375. The van der Waals surface area contributed by atoms with Crippen molar-refractivity contribution in [3.05, 3.63) is 33.9 Å². The van der Waals surface area contributed by atoms with Crippen LogP contribution >= 0.6 is 0 Å². The Kier molecular flexibility index (Phi) is 2.47. The number of rotatable bonds is 1. The van der Waals surface area contributed by atoms with Gasteiger partial charge in [0.05, 0.1) is 4.92 Å². The maximum absolute atomic E-state index is 10.7. The van der Waals surface area contributed by atoms with Gasteiger partial charge >= 0.3 is 0 Å². The summed E-state index contributed by atoms with van der Waals surface area (Å²) >= 11 is 0. The number of nitro benzene ring substituents is 1. The molecule has 0 aromatic heterocycles. The van der Waals surface area contributed by atoms with E-state index in [1.54, 1.807) is 12.1 Å². The number of nitro groups is 1. The third-order valence-electron chi connectivity index (χ3n) is 2.03. The minimum Gasteiger partial charge on any atom is -0.399 e. The molecule has 2 N–H and O–H groups in total. The molecule has 14 heavy (non-hydrogen) atoms. The Morgan fingerprint density at radius 2 is 1.93 bits per heavy atom. The molecule has 1 aromatic carbocycles. The van der Waals surface area contributed by atoms with E-state index in [0.717, 1.165) is 0 Å². The zero-order chi connectivity index (χ0) is 10.9. The summed E-state index contributed by atoms with van der Waals surface area (Å²) in [6, 6.07) is 4.67. The largest absolute Gasteiger partial charge is 0.399 e. The molecular formula is C10H14N2O2. The van der Waals surface area contributed by atoms with Crippen molar-refractivity contribution in [1.29, 1.82) is 0 Å². The van der Waals surface area contributed by atoms with Crippen LogP contribution in [0.2, 0.25) is 0 Å². The lowest BCUT2D eigenvalue weighted by Crippen LogP contribution is -2.14. The third kappa shape index (κ3) is 2.02. The summed E-state index contributed by atoms with van der Waals surface area (Å²) in [7, 11) is 0. The van der Waals surface area contributed by atoms with Crippen LogP contribution in [0.15, 0.2) is 18.2 Å². The number of nitrogen functional groups attached to an aromatic ring is 1. The molecular weight excluding hydrogens is 180 g/mol. The topological polar surface area (TPSA) is 69.2 Å². The normalized spacial score (nSPS) is 11.4. The van der Waals surface area contributed by atoms with E-state index in [2.05, 4.69) is 0 Å². The molecule has 0 radical (unpaired) electrons. The maximum Gasteiger partial charge on any atom is 0.273 e. The van der Waals surface area contributed by atoms with E-state index >= 15 is 0 Å². The first-order valence-corrected chi connectivity index (χ1v) is 4.37. The highest BCUT2D eigenvalue weighted by atomic mass is 16.6. The van der Waals surface area contributed by atoms with Crippen LogP contribution in [0, 0.1) is 10.1 Å². The van der Waals surface area contributed by atoms with Gasteiger partial charge in [-0.05, 0) is 17.5 Å². The van der Waals surface area contributed by atoms with Gasteiger partial charge in [-0.2, -0.15) is 0 Å². The van der Waals surface area contributed by atoms with Gasteiger partial charge in [-0.15, -0.1) is 0 Å². The summed E-state index contributed by atoms with van der Waals surface area (Å²) in [4.78, 5) is 10.4. The van der Waals surface area contributed by atoms with Crippen molar-refractivity contribution >= 4 is 11.4 Å². The Bertz CT molecular complexity index is 367. The first-order valence-electron chi connectivity index (χ1n) is 4.37. The fourth-order valence-electron chi connectivity index (χ4n) is 1.31. The highest BCUT2D eigenvalue weighted by Gasteiger charge is 2.24. The van der Waals surface area contributed by atoms with Gasteiger partial charge in [0.1, 0.15) is 0 Å². The molecule has 0 aliphatic carbocycles. The van der Waals surface area contributed by atoms with Gasteiger partial charge in [0, 0.05) is 17.3 Å². The van der Waals surface area contributed by atoms with Crippen LogP contribution < -0.4 is 5.73 Å². The van der Waals surface area contributed by atoms with Crippen LogP contribution in [0.5, 0.6) is 0 Å². The molecule has 0 aliphatic rings. The quantitative estimate of drug-likeness (QED) is 0.424. The molecule has 0 amide bonds. The summed E-state index contributed by atoms with van der Waals surface area (Å²) in [6.45, 7) is 5.78. The Labute approximate surface area is 82.9 Å². The molecule has 0 unspecified atom stereocenters. The fourth-order valence-corrected chi connectivity index (χ4v) is 1.31. The predicted molar refractivity (Wildman–Crippen MR) is 56.2 cm³/mol. The summed E-state index contributed by atoms with van der Waals surface area (Å²) in [5.41, 5.74) is 6.69.